The summed E-state index contributed by atoms with van der Waals surface area (Å²) in [6.45, 7) is 10.0. The number of thioether (sulfide) groups is 3. The molecule has 0 aromatic heterocycles. The molecule has 0 fully saturated rings. The first kappa shape index (κ1) is 25.0. The molecule has 2 amide bonds. The highest BCUT2D eigenvalue weighted by Gasteiger charge is 2.17. The average Bonchev–Trinajstić information content (AvgIpc) is 2.57. The lowest BCUT2D eigenvalue weighted by molar-refractivity contribution is -0.121. The van der Waals surface area contributed by atoms with Gasteiger partial charge in [0.25, 0.3) is 0 Å². The second-order valence-electron chi connectivity index (χ2n) is 6.39. The smallest absolute Gasteiger partial charge is 0.220 e. The minimum Gasteiger partial charge on any atom is -0.355 e. The molecule has 0 spiro atoms. The summed E-state index contributed by atoms with van der Waals surface area (Å²) in [6.07, 6.45) is 3.30. The maximum Gasteiger partial charge on any atom is 0.220 e. The number of amides is 2. The highest BCUT2D eigenvalue weighted by Crippen LogP contribution is 2.29. The van der Waals surface area contributed by atoms with Crippen LogP contribution in [0.2, 0.25) is 0 Å². The maximum absolute atomic E-state index is 11.3. The van der Waals surface area contributed by atoms with E-state index < -0.39 is 0 Å². The summed E-state index contributed by atoms with van der Waals surface area (Å²) in [7, 11) is 0. The van der Waals surface area contributed by atoms with Gasteiger partial charge < -0.3 is 10.6 Å². The molecule has 0 rings (SSSR count). The molecule has 0 atom stereocenters. The molecule has 0 aromatic carbocycles. The summed E-state index contributed by atoms with van der Waals surface area (Å²) < 4.78 is 0.265. The SMILES string of the molecule is CCCC(=O)NCCSCCSCCC(C)(C)SCCNC(=O)CC. The number of rotatable bonds is 16. The van der Waals surface area contributed by atoms with Gasteiger partial charge in [0.15, 0.2) is 0 Å². The molecule has 0 aliphatic carbocycles. The Morgan fingerprint density at radius 1 is 0.840 bits per heavy atom. The Labute approximate surface area is 167 Å². The van der Waals surface area contributed by atoms with Crippen molar-refractivity contribution in [1.29, 1.82) is 0 Å². The zero-order chi connectivity index (χ0) is 19.0. The van der Waals surface area contributed by atoms with Crippen LogP contribution >= 0.6 is 35.3 Å². The van der Waals surface area contributed by atoms with Gasteiger partial charge in [-0.05, 0) is 18.6 Å². The molecular weight excluding hydrogens is 372 g/mol. The third kappa shape index (κ3) is 17.2. The van der Waals surface area contributed by atoms with Gasteiger partial charge in [-0.2, -0.15) is 35.3 Å². The largest absolute Gasteiger partial charge is 0.355 e. The van der Waals surface area contributed by atoms with Crippen LogP contribution in [0.4, 0.5) is 0 Å². The van der Waals surface area contributed by atoms with Crippen LogP contribution in [-0.2, 0) is 9.59 Å². The topological polar surface area (TPSA) is 58.2 Å². The molecule has 148 valence electrons. The van der Waals surface area contributed by atoms with Gasteiger partial charge in [-0.1, -0.05) is 27.7 Å². The Balaban J connectivity index is 3.45. The first-order chi connectivity index (χ1) is 11.9. The van der Waals surface area contributed by atoms with E-state index >= 15 is 0 Å². The molecule has 7 heteroatoms. The Bertz CT molecular complexity index is 366. The van der Waals surface area contributed by atoms with E-state index in [1.165, 1.54) is 17.9 Å². The van der Waals surface area contributed by atoms with E-state index in [4.69, 9.17) is 0 Å². The standard InChI is InChI=1S/C18H36N2O2S3/c1-5-7-17(22)20-9-12-24-15-14-23-11-8-18(3,4)25-13-10-19-16(21)6-2/h5-15H2,1-4H3,(H,19,21)(H,20,22). The number of carbonyl (C=O) groups excluding carboxylic acids is 2. The molecule has 0 bridgehead atoms. The van der Waals surface area contributed by atoms with Gasteiger partial charge in [0, 0.05) is 53.7 Å². The van der Waals surface area contributed by atoms with Crippen LogP contribution in [0.25, 0.3) is 0 Å². The van der Waals surface area contributed by atoms with Crippen LogP contribution in [0.1, 0.15) is 53.4 Å². The Morgan fingerprint density at radius 2 is 1.44 bits per heavy atom. The zero-order valence-corrected chi connectivity index (χ0v) is 18.8. The van der Waals surface area contributed by atoms with Crippen LogP contribution in [0.5, 0.6) is 0 Å². The van der Waals surface area contributed by atoms with Crippen molar-refractivity contribution >= 4 is 47.1 Å². The van der Waals surface area contributed by atoms with Crippen molar-refractivity contribution in [2.24, 2.45) is 0 Å². The van der Waals surface area contributed by atoms with Crippen LogP contribution in [0, 0.1) is 0 Å². The maximum atomic E-state index is 11.3. The van der Waals surface area contributed by atoms with Crippen molar-refractivity contribution in [1.82, 2.24) is 10.6 Å². The van der Waals surface area contributed by atoms with Crippen LogP contribution in [-0.4, -0.2) is 58.4 Å². The molecule has 0 saturated heterocycles. The molecule has 0 aliphatic heterocycles. The normalized spacial score (nSPS) is 11.4. The van der Waals surface area contributed by atoms with E-state index in [1.54, 1.807) is 0 Å². The van der Waals surface area contributed by atoms with E-state index in [9.17, 15) is 9.59 Å². The number of carbonyl (C=O) groups is 2. The van der Waals surface area contributed by atoms with E-state index in [0.717, 1.165) is 36.8 Å². The monoisotopic (exact) mass is 408 g/mol. The lowest BCUT2D eigenvalue weighted by Gasteiger charge is -2.24. The summed E-state index contributed by atoms with van der Waals surface area (Å²) in [5.74, 6) is 5.77. The van der Waals surface area contributed by atoms with Crippen LogP contribution < -0.4 is 10.6 Å². The van der Waals surface area contributed by atoms with Gasteiger partial charge in [-0.25, -0.2) is 0 Å². The molecule has 2 N–H and O–H groups in total. The van der Waals surface area contributed by atoms with Gasteiger partial charge >= 0.3 is 0 Å². The minimum absolute atomic E-state index is 0.136. The lowest BCUT2D eigenvalue weighted by atomic mass is 10.1. The zero-order valence-electron chi connectivity index (χ0n) is 16.3. The predicted molar refractivity (Wildman–Crippen MR) is 117 cm³/mol. The third-order valence-corrected chi connectivity index (χ3v) is 7.13. The fourth-order valence-corrected chi connectivity index (χ4v) is 5.32. The van der Waals surface area contributed by atoms with E-state index in [-0.39, 0.29) is 16.6 Å². The summed E-state index contributed by atoms with van der Waals surface area (Å²) in [6, 6.07) is 0. The Hall–Kier alpha value is -0.0100. The van der Waals surface area contributed by atoms with Crippen LogP contribution in [0.15, 0.2) is 0 Å². The van der Waals surface area contributed by atoms with Crippen molar-refractivity contribution in [2.45, 2.75) is 58.1 Å². The summed E-state index contributed by atoms with van der Waals surface area (Å²) in [5.41, 5.74) is 0. The van der Waals surface area contributed by atoms with Crippen LogP contribution in [0.3, 0.4) is 0 Å². The van der Waals surface area contributed by atoms with Gasteiger partial charge in [0.05, 0.1) is 0 Å². The second-order valence-corrected chi connectivity index (χ2v) is 10.6. The first-order valence-electron chi connectivity index (χ1n) is 9.24. The molecule has 0 aromatic rings. The predicted octanol–water partition coefficient (Wildman–Crippen LogP) is 3.80. The van der Waals surface area contributed by atoms with Crippen molar-refractivity contribution < 1.29 is 9.59 Å². The van der Waals surface area contributed by atoms with E-state index in [0.29, 0.717) is 12.8 Å². The molecule has 0 saturated carbocycles. The lowest BCUT2D eigenvalue weighted by Crippen LogP contribution is -2.26. The molecule has 0 unspecified atom stereocenters. The fraction of sp³-hybridized carbons (Fsp3) is 0.889. The molecular formula is C18H36N2O2S3. The summed E-state index contributed by atoms with van der Waals surface area (Å²) >= 11 is 5.86. The number of hydrogen-bond donors (Lipinski definition) is 2. The highest BCUT2D eigenvalue weighted by molar-refractivity contribution is 8.03. The van der Waals surface area contributed by atoms with Gasteiger partial charge in [-0.15, -0.1) is 0 Å². The molecule has 0 aliphatic rings. The summed E-state index contributed by atoms with van der Waals surface area (Å²) in [4.78, 5) is 22.5. The summed E-state index contributed by atoms with van der Waals surface area (Å²) in [5, 5.41) is 5.87. The van der Waals surface area contributed by atoms with Crippen molar-refractivity contribution in [3.8, 4) is 0 Å². The highest BCUT2D eigenvalue weighted by atomic mass is 32.2. The van der Waals surface area contributed by atoms with Crippen molar-refractivity contribution in [3.63, 3.8) is 0 Å². The van der Waals surface area contributed by atoms with Gasteiger partial charge in [0.1, 0.15) is 0 Å². The quantitative estimate of drug-likeness (QED) is 0.381. The minimum atomic E-state index is 0.136. The van der Waals surface area contributed by atoms with Crippen molar-refractivity contribution in [2.75, 3.05) is 41.9 Å². The first-order valence-corrected chi connectivity index (χ1v) is 12.5. The van der Waals surface area contributed by atoms with Gasteiger partial charge in [-0.3, -0.25) is 9.59 Å². The Kier molecular flexibility index (Phi) is 16.2. The van der Waals surface area contributed by atoms with Gasteiger partial charge in [0.2, 0.25) is 11.8 Å². The van der Waals surface area contributed by atoms with E-state index in [1.807, 2.05) is 49.1 Å². The number of hydrogen-bond acceptors (Lipinski definition) is 5. The van der Waals surface area contributed by atoms with Crippen molar-refractivity contribution in [3.05, 3.63) is 0 Å². The van der Waals surface area contributed by atoms with E-state index in [2.05, 4.69) is 24.5 Å². The average molecular weight is 409 g/mol. The second kappa shape index (κ2) is 16.2. The molecule has 4 nitrogen and oxygen atoms in total. The molecule has 0 heterocycles. The number of nitrogens with one attached hydrogen (secondary N) is 2. The third-order valence-electron chi connectivity index (χ3n) is 3.50. The molecule has 25 heavy (non-hydrogen) atoms. The Morgan fingerprint density at radius 3 is 2.08 bits per heavy atom. The molecule has 0 radical (unpaired) electrons. The fourth-order valence-electron chi connectivity index (χ4n) is 1.93.